The van der Waals surface area contributed by atoms with Gasteiger partial charge in [0.05, 0.1) is 27.7 Å². The Morgan fingerprint density at radius 2 is 1.88 bits per heavy atom. The summed E-state index contributed by atoms with van der Waals surface area (Å²) in [4.78, 5) is 14.9. The van der Waals surface area contributed by atoms with Crippen LogP contribution in [0.2, 0.25) is 5.02 Å². The Bertz CT molecular complexity index is 769. The fourth-order valence-corrected chi connectivity index (χ4v) is 3.94. The third kappa shape index (κ3) is 5.19. The highest BCUT2D eigenvalue weighted by atomic mass is 35.5. The van der Waals surface area contributed by atoms with Crippen LogP contribution in [-0.2, 0) is 14.6 Å². The summed E-state index contributed by atoms with van der Waals surface area (Å²) in [7, 11) is -3.41. The number of nitrogens with one attached hydrogen (secondary N) is 1. The van der Waals surface area contributed by atoms with E-state index >= 15 is 0 Å². The molecule has 0 aliphatic carbocycles. The number of ether oxygens (including phenoxy) is 1. The number of morpholine rings is 1. The van der Waals surface area contributed by atoms with E-state index < -0.39 is 9.84 Å². The van der Waals surface area contributed by atoms with Gasteiger partial charge in [0.2, 0.25) is 0 Å². The number of halogens is 1. The van der Waals surface area contributed by atoms with Gasteiger partial charge < -0.3 is 10.1 Å². The van der Waals surface area contributed by atoms with Gasteiger partial charge in [-0.3, -0.25) is 9.69 Å². The minimum atomic E-state index is -3.41. The molecular formula is C18H27ClN2O4S. The molecular weight excluding hydrogens is 376 g/mol. The lowest BCUT2D eigenvalue weighted by atomic mass is 10.00. The fourth-order valence-electron chi connectivity index (χ4n) is 3.08. The SMILES string of the molecule is CC1CN(C(C)(C)CNC(=O)c2cc(S(C)(=O)=O)ccc2Cl)CC(C)O1. The highest BCUT2D eigenvalue weighted by molar-refractivity contribution is 7.90. The van der Waals surface area contributed by atoms with E-state index in [-0.39, 0.29) is 39.1 Å². The molecule has 8 heteroatoms. The van der Waals surface area contributed by atoms with E-state index in [0.717, 1.165) is 19.3 Å². The van der Waals surface area contributed by atoms with Crippen molar-refractivity contribution in [2.75, 3.05) is 25.9 Å². The first-order chi connectivity index (χ1) is 11.9. The fraction of sp³-hybridized carbons (Fsp3) is 0.611. The number of benzene rings is 1. The second-order valence-corrected chi connectivity index (χ2v) is 9.99. The summed E-state index contributed by atoms with van der Waals surface area (Å²) in [6.45, 7) is 10.2. The number of hydrogen-bond donors (Lipinski definition) is 1. The Balaban J connectivity index is 2.10. The molecule has 2 unspecified atom stereocenters. The summed E-state index contributed by atoms with van der Waals surface area (Å²) < 4.78 is 29.2. The molecule has 1 aromatic carbocycles. The molecule has 0 radical (unpaired) electrons. The topological polar surface area (TPSA) is 75.7 Å². The lowest BCUT2D eigenvalue weighted by Crippen LogP contribution is -2.58. The van der Waals surface area contributed by atoms with Gasteiger partial charge in [0, 0.05) is 31.4 Å². The lowest BCUT2D eigenvalue weighted by Gasteiger charge is -2.45. The van der Waals surface area contributed by atoms with Gasteiger partial charge in [0.1, 0.15) is 0 Å². The van der Waals surface area contributed by atoms with E-state index in [0.29, 0.717) is 6.54 Å². The quantitative estimate of drug-likeness (QED) is 0.818. The Morgan fingerprint density at radius 3 is 2.42 bits per heavy atom. The summed E-state index contributed by atoms with van der Waals surface area (Å²) in [6, 6.07) is 4.15. The van der Waals surface area contributed by atoms with Crippen LogP contribution in [0, 0.1) is 0 Å². The van der Waals surface area contributed by atoms with E-state index in [1.54, 1.807) is 0 Å². The predicted molar refractivity (Wildman–Crippen MR) is 103 cm³/mol. The van der Waals surface area contributed by atoms with E-state index in [2.05, 4.69) is 24.1 Å². The van der Waals surface area contributed by atoms with Gasteiger partial charge in [-0.1, -0.05) is 11.6 Å². The average Bonchev–Trinajstić information content (AvgIpc) is 2.51. The van der Waals surface area contributed by atoms with Gasteiger partial charge in [-0.15, -0.1) is 0 Å². The zero-order valence-corrected chi connectivity index (χ0v) is 17.4. The predicted octanol–water partition coefficient (Wildman–Crippen LogP) is 2.36. The molecule has 1 aliphatic heterocycles. The molecule has 2 rings (SSSR count). The van der Waals surface area contributed by atoms with Crippen LogP contribution in [0.15, 0.2) is 23.1 Å². The van der Waals surface area contributed by atoms with E-state index in [1.165, 1.54) is 18.2 Å². The van der Waals surface area contributed by atoms with Crippen molar-refractivity contribution in [3.05, 3.63) is 28.8 Å². The van der Waals surface area contributed by atoms with Crippen LogP contribution in [0.3, 0.4) is 0 Å². The molecule has 0 saturated carbocycles. The van der Waals surface area contributed by atoms with Crippen molar-refractivity contribution >= 4 is 27.3 Å². The van der Waals surface area contributed by atoms with Crippen LogP contribution in [0.4, 0.5) is 0 Å². The molecule has 146 valence electrons. The number of hydrogen-bond acceptors (Lipinski definition) is 5. The van der Waals surface area contributed by atoms with Crippen molar-refractivity contribution < 1.29 is 17.9 Å². The number of carbonyl (C=O) groups excluding carboxylic acids is 1. The minimum absolute atomic E-state index is 0.0714. The standard InChI is InChI=1S/C18H27ClN2O4S/c1-12-9-21(10-13(2)25-12)18(3,4)11-20-17(22)15-8-14(26(5,23)24)6-7-16(15)19/h6-8,12-13H,9-11H2,1-5H3,(H,20,22). The molecule has 2 atom stereocenters. The van der Waals surface area contributed by atoms with Crippen LogP contribution in [-0.4, -0.2) is 62.9 Å². The summed E-state index contributed by atoms with van der Waals surface area (Å²) in [5, 5.41) is 3.11. The van der Waals surface area contributed by atoms with Crippen LogP contribution < -0.4 is 5.32 Å². The highest BCUT2D eigenvalue weighted by Gasteiger charge is 2.33. The molecule has 0 spiro atoms. The molecule has 1 heterocycles. The Labute approximate surface area is 160 Å². The zero-order chi connectivity index (χ0) is 19.7. The minimum Gasteiger partial charge on any atom is -0.373 e. The Kier molecular flexibility index (Phi) is 6.38. The summed E-state index contributed by atoms with van der Waals surface area (Å²) in [5.41, 5.74) is -0.114. The molecule has 1 saturated heterocycles. The number of amides is 1. The number of carbonyl (C=O) groups is 1. The second-order valence-electron chi connectivity index (χ2n) is 7.57. The first-order valence-electron chi connectivity index (χ1n) is 8.58. The van der Waals surface area contributed by atoms with Crippen molar-refractivity contribution in [2.45, 2.75) is 50.3 Å². The summed E-state index contributed by atoms with van der Waals surface area (Å²) in [6.07, 6.45) is 1.37. The Morgan fingerprint density at radius 1 is 1.31 bits per heavy atom. The van der Waals surface area contributed by atoms with Gasteiger partial charge in [-0.25, -0.2) is 8.42 Å². The maximum atomic E-state index is 12.6. The second kappa shape index (κ2) is 7.84. The molecule has 0 aromatic heterocycles. The summed E-state index contributed by atoms with van der Waals surface area (Å²) >= 11 is 6.10. The third-order valence-electron chi connectivity index (χ3n) is 4.57. The van der Waals surface area contributed by atoms with Crippen molar-refractivity contribution in [1.29, 1.82) is 0 Å². The number of sulfone groups is 1. The molecule has 1 amide bonds. The molecule has 0 bridgehead atoms. The van der Waals surface area contributed by atoms with E-state index in [9.17, 15) is 13.2 Å². The maximum Gasteiger partial charge on any atom is 0.252 e. The normalized spacial score (nSPS) is 22.2. The van der Waals surface area contributed by atoms with Crippen molar-refractivity contribution in [3.8, 4) is 0 Å². The molecule has 1 aliphatic rings. The molecule has 6 nitrogen and oxygen atoms in total. The first-order valence-corrected chi connectivity index (χ1v) is 10.9. The zero-order valence-electron chi connectivity index (χ0n) is 15.9. The van der Waals surface area contributed by atoms with E-state index in [1.807, 2.05) is 13.8 Å². The number of nitrogens with zero attached hydrogens (tertiary/aromatic N) is 1. The Hall–Kier alpha value is -1.15. The average molecular weight is 403 g/mol. The first kappa shape index (κ1) is 21.2. The third-order valence-corrected chi connectivity index (χ3v) is 6.01. The summed E-state index contributed by atoms with van der Waals surface area (Å²) in [5.74, 6) is -0.386. The van der Waals surface area contributed by atoms with Crippen molar-refractivity contribution in [2.24, 2.45) is 0 Å². The smallest absolute Gasteiger partial charge is 0.252 e. The lowest BCUT2D eigenvalue weighted by molar-refractivity contribution is -0.0948. The van der Waals surface area contributed by atoms with Crippen LogP contribution in [0.25, 0.3) is 0 Å². The largest absolute Gasteiger partial charge is 0.373 e. The van der Waals surface area contributed by atoms with Gasteiger partial charge in [0.25, 0.3) is 5.91 Å². The van der Waals surface area contributed by atoms with Gasteiger partial charge >= 0.3 is 0 Å². The highest BCUT2D eigenvalue weighted by Crippen LogP contribution is 2.23. The monoisotopic (exact) mass is 402 g/mol. The van der Waals surface area contributed by atoms with Crippen molar-refractivity contribution in [3.63, 3.8) is 0 Å². The number of rotatable bonds is 5. The van der Waals surface area contributed by atoms with E-state index in [4.69, 9.17) is 16.3 Å². The van der Waals surface area contributed by atoms with Gasteiger partial charge in [0.15, 0.2) is 9.84 Å². The molecule has 1 fully saturated rings. The molecule has 1 aromatic rings. The van der Waals surface area contributed by atoms with Gasteiger partial charge in [-0.05, 0) is 45.9 Å². The van der Waals surface area contributed by atoms with Crippen LogP contribution in [0.1, 0.15) is 38.1 Å². The maximum absolute atomic E-state index is 12.6. The van der Waals surface area contributed by atoms with Gasteiger partial charge in [-0.2, -0.15) is 0 Å². The molecule has 1 N–H and O–H groups in total. The van der Waals surface area contributed by atoms with Crippen LogP contribution in [0.5, 0.6) is 0 Å². The van der Waals surface area contributed by atoms with Crippen molar-refractivity contribution in [1.82, 2.24) is 10.2 Å². The van der Waals surface area contributed by atoms with Crippen LogP contribution >= 0.6 is 11.6 Å². The molecule has 26 heavy (non-hydrogen) atoms.